The Labute approximate surface area is 213 Å². The average molecular weight is 549 g/mol. The van der Waals surface area contributed by atoms with Crippen molar-refractivity contribution in [3.05, 3.63) is 63.6 Å². The first-order valence-corrected chi connectivity index (χ1v) is 13.2. The minimum absolute atomic E-state index is 0.00839. The maximum absolute atomic E-state index is 14.7. The van der Waals surface area contributed by atoms with Crippen molar-refractivity contribution in [1.29, 1.82) is 0 Å². The number of ether oxygens (including phenoxy) is 1. The Morgan fingerprint density at radius 3 is 2.54 bits per heavy atom. The van der Waals surface area contributed by atoms with Crippen molar-refractivity contribution in [3.8, 4) is 5.75 Å². The largest absolute Gasteiger partial charge is 0.480 e. The number of unbranched alkanes of at least 4 members (excludes halogenated alkanes) is 1. The minimum atomic E-state index is -1.08. The summed E-state index contributed by atoms with van der Waals surface area (Å²) in [5.74, 6) is -1.88. The molecule has 0 saturated heterocycles. The van der Waals surface area contributed by atoms with Crippen molar-refractivity contribution in [2.45, 2.75) is 83.0 Å². The Morgan fingerprint density at radius 2 is 1.86 bits per heavy atom. The summed E-state index contributed by atoms with van der Waals surface area (Å²) in [5.41, 5.74) is 0.251. The van der Waals surface area contributed by atoms with Gasteiger partial charge in [0.15, 0.2) is 6.10 Å². The smallest absolute Gasteiger partial charge is 0.264 e. The Bertz CT molecular complexity index is 1050. The van der Waals surface area contributed by atoms with Crippen LogP contribution in [0.5, 0.6) is 5.75 Å². The van der Waals surface area contributed by atoms with Crippen LogP contribution in [-0.2, 0) is 16.1 Å². The number of carbonyl (C=O) groups excluding carboxylic acids is 2. The lowest BCUT2D eigenvalue weighted by Crippen LogP contribution is -2.48. The second-order valence-electron chi connectivity index (χ2n) is 9.34. The third kappa shape index (κ3) is 5.85. The number of halogens is 3. The maximum Gasteiger partial charge on any atom is 0.264 e. The van der Waals surface area contributed by atoms with Crippen molar-refractivity contribution in [2.75, 3.05) is 0 Å². The first-order valence-electron chi connectivity index (χ1n) is 12.4. The number of nitrogens with one attached hydrogen (secondary N) is 1. The lowest BCUT2D eigenvalue weighted by Gasteiger charge is -2.33. The lowest BCUT2D eigenvalue weighted by molar-refractivity contribution is -0.146. The van der Waals surface area contributed by atoms with E-state index < -0.39 is 29.7 Å². The standard InChI is InChI=1S/C27H31BrF2N2O3/c1-2-3-12-24-27(34)32(16-20-21(29)10-7-11-22(20)30)25(19-15-17(28)13-14-23(19)35-24)26(33)31-18-8-5-4-6-9-18/h7,10-11,13-15,18,24-25H,2-6,8-9,12,16H2,1H3,(H,31,33). The average Bonchev–Trinajstić information content (AvgIpc) is 2.95. The quantitative estimate of drug-likeness (QED) is 0.448. The first-order chi connectivity index (χ1) is 16.9. The molecule has 1 aliphatic heterocycles. The molecule has 35 heavy (non-hydrogen) atoms. The van der Waals surface area contributed by atoms with Gasteiger partial charge in [-0.05, 0) is 56.0 Å². The van der Waals surface area contributed by atoms with Crippen molar-refractivity contribution >= 4 is 27.7 Å². The topological polar surface area (TPSA) is 58.6 Å². The number of carbonyl (C=O) groups is 2. The highest BCUT2D eigenvalue weighted by Crippen LogP contribution is 2.38. The number of rotatable bonds is 7. The number of amides is 2. The lowest BCUT2D eigenvalue weighted by atomic mass is 9.94. The van der Waals surface area contributed by atoms with Gasteiger partial charge in [-0.2, -0.15) is 0 Å². The molecule has 2 aromatic rings. The highest BCUT2D eigenvalue weighted by atomic mass is 79.9. The van der Waals surface area contributed by atoms with E-state index in [-0.39, 0.29) is 24.1 Å². The molecule has 1 N–H and O–H groups in total. The zero-order chi connectivity index (χ0) is 24.9. The summed E-state index contributed by atoms with van der Waals surface area (Å²) in [5, 5.41) is 3.11. The molecule has 1 fully saturated rings. The highest BCUT2D eigenvalue weighted by molar-refractivity contribution is 9.10. The molecule has 1 heterocycles. The number of benzene rings is 2. The van der Waals surface area contributed by atoms with E-state index in [2.05, 4.69) is 21.2 Å². The Hall–Kier alpha value is -2.48. The van der Waals surface area contributed by atoms with E-state index >= 15 is 0 Å². The number of hydrogen-bond donors (Lipinski definition) is 1. The van der Waals surface area contributed by atoms with Crippen LogP contribution in [0.15, 0.2) is 40.9 Å². The van der Waals surface area contributed by atoms with Crippen molar-refractivity contribution in [1.82, 2.24) is 10.2 Å². The molecule has 2 atom stereocenters. The van der Waals surface area contributed by atoms with Crippen LogP contribution in [0.2, 0.25) is 0 Å². The van der Waals surface area contributed by atoms with E-state index in [9.17, 15) is 18.4 Å². The van der Waals surface area contributed by atoms with Crippen LogP contribution in [0.4, 0.5) is 8.78 Å². The molecule has 2 aromatic carbocycles. The van der Waals surface area contributed by atoms with Gasteiger partial charge in [0.2, 0.25) is 5.91 Å². The zero-order valence-electron chi connectivity index (χ0n) is 19.9. The SMILES string of the molecule is CCCCC1Oc2ccc(Br)cc2C(C(=O)NC2CCCCC2)N(Cc2c(F)cccc2F)C1=O. The number of fused-ring (bicyclic) bond motifs is 1. The summed E-state index contributed by atoms with van der Waals surface area (Å²) in [6.45, 7) is 1.64. The van der Waals surface area contributed by atoms with Gasteiger partial charge in [0, 0.05) is 21.6 Å². The summed E-state index contributed by atoms with van der Waals surface area (Å²) in [7, 11) is 0. The van der Waals surface area contributed by atoms with Crippen molar-refractivity contribution < 1.29 is 23.1 Å². The van der Waals surface area contributed by atoms with Crippen LogP contribution >= 0.6 is 15.9 Å². The molecule has 4 rings (SSSR count). The summed E-state index contributed by atoms with van der Waals surface area (Å²) in [6.07, 6.45) is 6.12. The summed E-state index contributed by atoms with van der Waals surface area (Å²) < 4.78 is 36.2. The normalized spacial score (nSPS) is 20.7. The van der Waals surface area contributed by atoms with Crippen molar-refractivity contribution in [3.63, 3.8) is 0 Å². The summed E-state index contributed by atoms with van der Waals surface area (Å²) >= 11 is 3.46. The van der Waals surface area contributed by atoms with E-state index in [4.69, 9.17) is 4.74 Å². The van der Waals surface area contributed by atoms with Crippen LogP contribution < -0.4 is 10.1 Å². The van der Waals surface area contributed by atoms with Crippen LogP contribution in [0.1, 0.15) is 75.5 Å². The monoisotopic (exact) mass is 548 g/mol. The van der Waals surface area contributed by atoms with Gasteiger partial charge in [-0.15, -0.1) is 0 Å². The number of nitrogens with zero attached hydrogens (tertiary/aromatic N) is 1. The zero-order valence-corrected chi connectivity index (χ0v) is 21.5. The molecule has 1 saturated carbocycles. The highest BCUT2D eigenvalue weighted by Gasteiger charge is 2.42. The molecule has 2 unspecified atom stereocenters. The predicted molar refractivity (Wildman–Crippen MR) is 133 cm³/mol. The van der Waals surface area contributed by atoms with E-state index in [1.165, 1.54) is 11.0 Å². The van der Waals surface area contributed by atoms with Crippen LogP contribution in [-0.4, -0.2) is 28.9 Å². The summed E-state index contributed by atoms with van der Waals surface area (Å²) in [6, 6.07) is 7.81. The minimum Gasteiger partial charge on any atom is -0.480 e. The molecular formula is C27H31BrF2N2O3. The molecule has 2 amide bonds. The van der Waals surface area contributed by atoms with Gasteiger partial charge in [-0.25, -0.2) is 8.78 Å². The Morgan fingerprint density at radius 1 is 1.14 bits per heavy atom. The van der Waals surface area contributed by atoms with Gasteiger partial charge in [0.1, 0.15) is 23.4 Å². The second kappa shape index (κ2) is 11.5. The molecule has 0 bridgehead atoms. The predicted octanol–water partition coefficient (Wildman–Crippen LogP) is 6.20. The van der Waals surface area contributed by atoms with Gasteiger partial charge in [-0.1, -0.05) is 54.6 Å². The molecule has 2 aliphatic rings. The van der Waals surface area contributed by atoms with E-state index in [0.717, 1.165) is 57.1 Å². The molecule has 8 heteroatoms. The third-order valence-corrected chi connectivity index (χ3v) is 7.31. The molecule has 1 aliphatic carbocycles. The van der Waals surface area contributed by atoms with Gasteiger partial charge < -0.3 is 15.0 Å². The molecule has 0 spiro atoms. The third-order valence-electron chi connectivity index (χ3n) is 6.82. The van der Waals surface area contributed by atoms with Gasteiger partial charge in [0.05, 0.1) is 6.54 Å². The van der Waals surface area contributed by atoms with Crippen LogP contribution in [0.25, 0.3) is 0 Å². The Balaban J connectivity index is 1.79. The van der Waals surface area contributed by atoms with Crippen LogP contribution in [0, 0.1) is 11.6 Å². The van der Waals surface area contributed by atoms with Gasteiger partial charge in [-0.3, -0.25) is 9.59 Å². The molecular weight excluding hydrogens is 518 g/mol. The molecule has 5 nitrogen and oxygen atoms in total. The van der Waals surface area contributed by atoms with E-state index in [1.807, 2.05) is 6.92 Å². The molecule has 188 valence electrons. The maximum atomic E-state index is 14.7. The van der Waals surface area contributed by atoms with Gasteiger partial charge in [0.25, 0.3) is 5.91 Å². The summed E-state index contributed by atoms with van der Waals surface area (Å²) in [4.78, 5) is 28.9. The van der Waals surface area contributed by atoms with E-state index in [1.54, 1.807) is 18.2 Å². The van der Waals surface area contributed by atoms with Crippen molar-refractivity contribution in [2.24, 2.45) is 0 Å². The van der Waals surface area contributed by atoms with Gasteiger partial charge >= 0.3 is 0 Å². The first kappa shape index (κ1) is 25.6. The number of hydrogen-bond acceptors (Lipinski definition) is 3. The van der Waals surface area contributed by atoms with E-state index in [0.29, 0.717) is 22.2 Å². The molecule has 0 aromatic heterocycles. The fraction of sp³-hybridized carbons (Fsp3) is 0.481. The van der Waals surface area contributed by atoms with Crippen LogP contribution in [0.3, 0.4) is 0 Å². The second-order valence-corrected chi connectivity index (χ2v) is 10.3. The Kier molecular flexibility index (Phi) is 8.42. The fourth-order valence-electron chi connectivity index (χ4n) is 4.93. The fourth-order valence-corrected chi connectivity index (χ4v) is 5.31. The molecule has 0 radical (unpaired) electrons.